The number of esters is 1. The Labute approximate surface area is 143 Å². The number of benzene rings is 1. The Balaban J connectivity index is 2.64. The topological polar surface area (TPSA) is 67.9 Å². The number of methoxy groups -OCH3 is 2. The molecule has 0 unspecified atom stereocenters. The average Bonchev–Trinajstić information content (AvgIpc) is 2.54. The second-order valence-corrected chi connectivity index (χ2v) is 5.92. The molecule has 0 saturated carbocycles. The molecule has 124 valence electrons. The smallest absolute Gasteiger partial charge is 0.337 e. The molecule has 1 atom stereocenters. The van der Waals surface area contributed by atoms with Gasteiger partial charge in [-0.15, -0.1) is 0 Å². The summed E-state index contributed by atoms with van der Waals surface area (Å²) >= 11 is 3.41. The van der Waals surface area contributed by atoms with E-state index in [2.05, 4.69) is 21.2 Å². The van der Waals surface area contributed by atoms with E-state index < -0.39 is 12.0 Å². The highest BCUT2D eigenvalue weighted by Gasteiger charge is 2.37. The number of nitrogens with one attached hydrogen (secondary N) is 1. The summed E-state index contributed by atoms with van der Waals surface area (Å²) in [6.45, 7) is 4.05. The standard InChI is InChI=1S/C16H19BrN2O4/c1-5-19-9(2)13(15(20)23-4)14(18-16(19)21)11-8-10(17)6-7-12(11)22-3/h6-8,14H,5H2,1-4H3,(H,18,21)/t14-/m0/s1. The molecule has 2 amide bonds. The molecule has 0 spiro atoms. The molecule has 0 aromatic heterocycles. The molecule has 0 bridgehead atoms. The minimum absolute atomic E-state index is 0.260. The lowest BCUT2D eigenvalue weighted by Crippen LogP contribution is -2.47. The predicted molar refractivity (Wildman–Crippen MR) is 89.1 cm³/mol. The number of carbonyl (C=O) groups excluding carboxylic acids is 2. The molecule has 0 fully saturated rings. The molecule has 1 aromatic carbocycles. The molecule has 1 aliphatic rings. The van der Waals surface area contributed by atoms with Gasteiger partial charge in [0.25, 0.3) is 0 Å². The number of ether oxygens (including phenoxy) is 2. The molecule has 7 heteroatoms. The Bertz CT molecular complexity index is 672. The number of amides is 2. The van der Waals surface area contributed by atoms with E-state index in [0.29, 0.717) is 29.1 Å². The van der Waals surface area contributed by atoms with Crippen molar-refractivity contribution in [1.29, 1.82) is 0 Å². The number of urea groups is 1. The van der Waals surface area contributed by atoms with Crippen molar-refractivity contribution >= 4 is 27.9 Å². The van der Waals surface area contributed by atoms with Gasteiger partial charge < -0.3 is 14.8 Å². The maximum Gasteiger partial charge on any atom is 0.337 e. The van der Waals surface area contributed by atoms with Crippen LogP contribution >= 0.6 is 15.9 Å². The third-order valence-electron chi connectivity index (χ3n) is 3.82. The first-order chi connectivity index (χ1) is 10.9. The number of hydrogen-bond donors (Lipinski definition) is 1. The summed E-state index contributed by atoms with van der Waals surface area (Å²) in [5.41, 5.74) is 1.66. The zero-order valence-corrected chi connectivity index (χ0v) is 15.1. The summed E-state index contributed by atoms with van der Waals surface area (Å²) < 4.78 is 11.1. The van der Waals surface area contributed by atoms with Crippen LogP contribution in [0.4, 0.5) is 4.79 Å². The van der Waals surface area contributed by atoms with Crippen molar-refractivity contribution in [2.24, 2.45) is 0 Å². The van der Waals surface area contributed by atoms with Crippen LogP contribution in [0.2, 0.25) is 0 Å². The molecule has 0 aliphatic carbocycles. The molecule has 1 aliphatic heterocycles. The Kier molecular flexibility index (Phi) is 5.30. The second-order valence-electron chi connectivity index (χ2n) is 5.00. The van der Waals surface area contributed by atoms with Gasteiger partial charge in [-0.1, -0.05) is 15.9 Å². The fourth-order valence-electron chi connectivity index (χ4n) is 2.70. The van der Waals surface area contributed by atoms with E-state index in [1.54, 1.807) is 20.1 Å². The first kappa shape index (κ1) is 17.3. The number of carbonyl (C=O) groups is 2. The fraction of sp³-hybridized carbons (Fsp3) is 0.375. The maximum atomic E-state index is 12.3. The monoisotopic (exact) mass is 382 g/mol. The van der Waals surface area contributed by atoms with Crippen molar-refractivity contribution in [3.05, 3.63) is 39.5 Å². The molecule has 1 N–H and O–H groups in total. The maximum absolute atomic E-state index is 12.3. The van der Waals surface area contributed by atoms with Crippen molar-refractivity contribution in [3.63, 3.8) is 0 Å². The number of rotatable bonds is 4. The quantitative estimate of drug-likeness (QED) is 0.812. The van der Waals surface area contributed by atoms with Crippen LogP contribution in [-0.4, -0.2) is 37.7 Å². The Morgan fingerprint density at radius 3 is 2.65 bits per heavy atom. The molecule has 0 radical (unpaired) electrons. The summed E-state index contributed by atoms with van der Waals surface area (Å²) in [5.74, 6) is 0.102. The van der Waals surface area contributed by atoms with E-state index in [9.17, 15) is 9.59 Å². The van der Waals surface area contributed by atoms with Gasteiger partial charge >= 0.3 is 12.0 Å². The highest BCUT2D eigenvalue weighted by Crippen LogP contribution is 2.37. The predicted octanol–water partition coefficient (Wildman–Crippen LogP) is 2.99. The summed E-state index contributed by atoms with van der Waals surface area (Å²) in [5, 5.41) is 2.86. The third-order valence-corrected chi connectivity index (χ3v) is 4.31. The molecule has 2 rings (SSSR count). The van der Waals surface area contributed by atoms with Crippen LogP contribution < -0.4 is 10.1 Å². The van der Waals surface area contributed by atoms with Crippen molar-refractivity contribution in [2.45, 2.75) is 19.9 Å². The minimum Gasteiger partial charge on any atom is -0.496 e. The average molecular weight is 383 g/mol. The van der Waals surface area contributed by atoms with E-state index in [4.69, 9.17) is 9.47 Å². The first-order valence-electron chi connectivity index (χ1n) is 7.15. The van der Waals surface area contributed by atoms with Gasteiger partial charge in [0.2, 0.25) is 0 Å². The highest BCUT2D eigenvalue weighted by molar-refractivity contribution is 9.10. The largest absolute Gasteiger partial charge is 0.496 e. The van der Waals surface area contributed by atoms with Crippen molar-refractivity contribution < 1.29 is 19.1 Å². The lowest BCUT2D eigenvalue weighted by atomic mass is 9.94. The number of allylic oxidation sites excluding steroid dienone is 1. The van der Waals surface area contributed by atoms with Crippen LogP contribution in [0.5, 0.6) is 5.75 Å². The molecular formula is C16H19BrN2O4. The van der Waals surface area contributed by atoms with Gasteiger partial charge in [-0.2, -0.15) is 0 Å². The van der Waals surface area contributed by atoms with E-state index >= 15 is 0 Å². The Morgan fingerprint density at radius 1 is 1.39 bits per heavy atom. The first-order valence-corrected chi connectivity index (χ1v) is 7.94. The van der Waals surface area contributed by atoms with E-state index in [-0.39, 0.29) is 6.03 Å². The summed E-state index contributed by atoms with van der Waals surface area (Å²) in [7, 11) is 2.87. The SMILES string of the molecule is CCN1C(=O)N[C@@H](c2cc(Br)ccc2OC)C(C(=O)OC)=C1C. The molecule has 1 heterocycles. The summed E-state index contributed by atoms with van der Waals surface area (Å²) in [6, 6.07) is 4.54. The molecule has 0 saturated heterocycles. The van der Waals surface area contributed by atoms with E-state index in [1.807, 2.05) is 19.1 Å². The van der Waals surface area contributed by atoms with Crippen LogP contribution in [-0.2, 0) is 9.53 Å². The third kappa shape index (κ3) is 3.19. The molecular weight excluding hydrogens is 364 g/mol. The normalized spacial score (nSPS) is 17.9. The number of halogens is 1. The molecule has 6 nitrogen and oxygen atoms in total. The van der Waals surface area contributed by atoms with Crippen molar-refractivity contribution in [1.82, 2.24) is 10.2 Å². The van der Waals surface area contributed by atoms with E-state index in [0.717, 1.165) is 4.47 Å². The Morgan fingerprint density at radius 2 is 2.09 bits per heavy atom. The number of nitrogens with zero attached hydrogens (tertiary/aromatic N) is 1. The Hall–Kier alpha value is -2.02. The zero-order chi connectivity index (χ0) is 17.1. The second kappa shape index (κ2) is 7.04. The fourth-order valence-corrected chi connectivity index (χ4v) is 3.08. The summed E-state index contributed by atoms with van der Waals surface area (Å²) in [4.78, 5) is 26.1. The lowest BCUT2D eigenvalue weighted by Gasteiger charge is -2.35. The van der Waals surface area contributed by atoms with Crippen LogP contribution in [0.25, 0.3) is 0 Å². The van der Waals surface area contributed by atoms with Gasteiger partial charge in [0.1, 0.15) is 5.75 Å². The van der Waals surface area contributed by atoms with Crippen molar-refractivity contribution in [3.8, 4) is 5.75 Å². The lowest BCUT2D eigenvalue weighted by molar-refractivity contribution is -0.136. The minimum atomic E-state index is -0.634. The van der Waals surface area contributed by atoms with Crippen LogP contribution in [0.3, 0.4) is 0 Å². The zero-order valence-electron chi connectivity index (χ0n) is 13.5. The van der Waals surface area contributed by atoms with E-state index in [1.165, 1.54) is 12.0 Å². The van der Waals surface area contributed by atoms with Crippen LogP contribution in [0, 0.1) is 0 Å². The van der Waals surface area contributed by atoms with Crippen LogP contribution in [0.15, 0.2) is 33.9 Å². The van der Waals surface area contributed by atoms with Gasteiger partial charge in [-0.3, -0.25) is 4.90 Å². The van der Waals surface area contributed by atoms with Gasteiger partial charge in [-0.25, -0.2) is 9.59 Å². The van der Waals surface area contributed by atoms with Gasteiger partial charge in [0.15, 0.2) is 0 Å². The number of hydrogen-bond acceptors (Lipinski definition) is 4. The summed E-state index contributed by atoms with van der Waals surface area (Å²) in [6.07, 6.45) is 0. The molecule has 23 heavy (non-hydrogen) atoms. The van der Waals surface area contributed by atoms with Crippen molar-refractivity contribution in [2.75, 3.05) is 20.8 Å². The molecule has 1 aromatic rings. The highest BCUT2D eigenvalue weighted by atomic mass is 79.9. The van der Waals surface area contributed by atoms with Gasteiger partial charge in [0, 0.05) is 22.3 Å². The van der Waals surface area contributed by atoms with Gasteiger partial charge in [-0.05, 0) is 32.0 Å². The van der Waals surface area contributed by atoms with Gasteiger partial charge in [0.05, 0.1) is 25.8 Å². The van der Waals surface area contributed by atoms with Crippen LogP contribution in [0.1, 0.15) is 25.5 Å².